The average Bonchev–Trinajstić information content (AvgIpc) is 2.29. The highest BCUT2D eigenvalue weighted by Gasteiger charge is 2.30. The third kappa shape index (κ3) is 3.45. The first-order chi connectivity index (χ1) is 8.24. The summed E-state index contributed by atoms with van der Waals surface area (Å²) >= 11 is 5.87. The normalized spacial score (nSPS) is 13.8. The summed E-state index contributed by atoms with van der Waals surface area (Å²) in [6.07, 6.45) is 0. The van der Waals surface area contributed by atoms with Crippen LogP contribution in [0.5, 0.6) is 0 Å². The lowest BCUT2D eigenvalue weighted by atomic mass is 10.1. The van der Waals surface area contributed by atoms with Crippen LogP contribution in [0, 0.1) is 6.92 Å². The Morgan fingerprint density at radius 1 is 1.44 bits per heavy atom. The number of benzene rings is 1. The fourth-order valence-electron chi connectivity index (χ4n) is 1.16. The SMILES string of the molecule is Cc1ccc(C(=O)NCC(C)(O)C(=O)O)cc1Cl. The van der Waals surface area contributed by atoms with Crippen LogP contribution >= 0.6 is 11.6 Å². The summed E-state index contributed by atoms with van der Waals surface area (Å²) in [5.74, 6) is -1.89. The number of carbonyl (C=O) groups excluding carboxylic acids is 1. The highest BCUT2D eigenvalue weighted by Crippen LogP contribution is 2.16. The van der Waals surface area contributed by atoms with E-state index in [0.29, 0.717) is 10.6 Å². The molecule has 1 amide bonds. The van der Waals surface area contributed by atoms with Crippen LogP contribution < -0.4 is 5.32 Å². The van der Waals surface area contributed by atoms with E-state index in [1.807, 2.05) is 0 Å². The van der Waals surface area contributed by atoms with Gasteiger partial charge < -0.3 is 15.5 Å². The van der Waals surface area contributed by atoms with E-state index in [0.717, 1.165) is 12.5 Å². The van der Waals surface area contributed by atoms with Crippen molar-refractivity contribution in [3.05, 3.63) is 34.3 Å². The zero-order valence-electron chi connectivity index (χ0n) is 10.0. The molecule has 0 radical (unpaired) electrons. The zero-order chi connectivity index (χ0) is 13.9. The summed E-state index contributed by atoms with van der Waals surface area (Å²) in [4.78, 5) is 22.4. The molecule has 0 bridgehead atoms. The largest absolute Gasteiger partial charge is 0.479 e. The van der Waals surface area contributed by atoms with Crippen molar-refractivity contribution >= 4 is 23.5 Å². The van der Waals surface area contributed by atoms with Crippen molar-refractivity contribution in [2.24, 2.45) is 0 Å². The van der Waals surface area contributed by atoms with E-state index >= 15 is 0 Å². The topological polar surface area (TPSA) is 86.6 Å². The van der Waals surface area contributed by atoms with E-state index < -0.39 is 17.5 Å². The molecule has 1 rings (SSSR count). The van der Waals surface area contributed by atoms with Crippen LogP contribution in [-0.2, 0) is 4.79 Å². The monoisotopic (exact) mass is 271 g/mol. The number of aliphatic carboxylic acids is 1. The van der Waals surface area contributed by atoms with Crippen molar-refractivity contribution in [2.45, 2.75) is 19.4 Å². The molecule has 0 saturated carbocycles. The Labute approximate surface area is 109 Å². The van der Waals surface area contributed by atoms with Crippen LogP contribution in [0.15, 0.2) is 18.2 Å². The minimum absolute atomic E-state index is 0.312. The Balaban J connectivity index is 2.72. The Morgan fingerprint density at radius 3 is 2.56 bits per heavy atom. The van der Waals surface area contributed by atoms with Gasteiger partial charge in [0.25, 0.3) is 5.91 Å². The van der Waals surface area contributed by atoms with E-state index in [4.69, 9.17) is 16.7 Å². The highest BCUT2D eigenvalue weighted by molar-refractivity contribution is 6.31. The van der Waals surface area contributed by atoms with Gasteiger partial charge in [0, 0.05) is 10.6 Å². The maximum Gasteiger partial charge on any atom is 0.337 e. The molecule has 98 valence electrons. The van der Waals surface area contributed by atoms with Gasteiger partial charge in [-0.25, -0.2) is 4.79 Å². The van der Waals surface area contributed by atoms with Crippen LogP contribution in [-0.4, -0.2) is 34.2 Å². The lowest BCUT2D eigenvalue weighted by molar-refractivity contribution is -0.155. The second-order valence-corrected chi connectivity index (χ2v) is 4.63. The first-order valence-corrected chi connectivity index (χ1v) is 5.62. The number of hydrogen-bond donors (Lipinski definition) is 3. The lowest BCUT2D eigenvalue weighted by Crippen LogP contribution is -2.46. The molecule has 6 heteroatoms. The van der Waals surface area contributed by atoms with Crippen LogP contribution in [0.3, 0.4) is 0 Å². The predicted octanol–water partition coefficient (Wildman–Crippen LogP) is 1.21. The first-order valence-electron chi connectivity index (χ1n) is 5.24. The molecule has 1 unspecified atom stereocenters. The molecule has 3 N–H and O–H groups in total. The number of aryl methyl sites for hydroxylation is 1. The molecule has 18 heavy (non-hydrogen) atoms. The first kappa shape index (κ1) is 14.5. The molecule has 0 aliphatic rings. The number of rotatable bonds is 4. The third-order valence-electron chi connectivity index (χ3n) is 2.49. The molecule has 0 aliphatic heterocycles. The Kier molecular flexibility index (Phi) is 4.32. The zero-order valence-corrected chi connectivity index (χ0v) is 10.8. The number of aliphatic hydroxyl groups is 1. The van der Waals surface area contributed by atoms with Gasteiger partial charge in [-0.2, -0.15) is 0 Å². The number of carboxylic acid groups (broad SMARTS) is 1. The smallest absolute Gasteiger partial charge is 0.337 e. The summed E-state index contributed by atoms with van der Waals surface area (Å²) in [6, 6.07) is 4.75. The van der Waals surface area contributed by atoms with Crippen molar-refractivity contribution in [3.63, 3.8) is 0 Å². The van der Waals surface area contributed by atoms with E-state index in [-0.39, 0.29) is 6.54 Å². The van der Waals surface area contributed by atoms with Gasteiger partial charge in [-0.3, -0.25) is 4.79 Å². The number of halogens is 1. The minimum Gasteiger partial charge on any atom is -0.479 e. The van der Waals surface area contributed by atoms with E-state index in [1.165, 1.54) is 6.07 Å². The Bertz CT molecular complexity index is 485. The standard InChI is InChI=1S/C12H14ClNO4/c1-7-3-4-8(5-9(7)13)10(15)14-6-12(2,18)11(16)17/h3-5,18H,6H2,1-2H3,(H,14,15)(H,16,17). The molecule has 0 fully saturated rings. The summed E-state index contributed by atoms with van der Waals surface area (Å²) < 4.78 is 0. The van der Waals surface area contributed by atoms with Crippen LogP contribution in [0.4, 0.5) is 0 Å². The van der Waals surface area contributed by atoms with Gasteiger partial charge in [0.1, 0.15) is 0 Å². The summed E-state index contributed by atoms with van der Waals surface area (Å²) in [6.45, 7) is 2.53. The van der Waals surface area contributed by atoms with Crippen LogP contribution in [0.25, 0.3) is 0 Å². The van der Waals surface area contributed by atoms with Crippen molar-refractivity contribution in [2.75, 3.05) is 6.54 Å². The van der Waals surface area contributed by atoms with Gasteiger partial charge in [0.05, 0.1) is 6.54 Å². The quantitative estimate of drug-likeness (QED) is 0.768. The Morgan fingerprint density at radius 2 is 2.06 bits per heavy atom. The van der Waals surface area contributed by atoms with Gasteiger partial charge in [-0.05, 0) is 31.5 Å². The fraction of sp³-hybridized carbons (Fsp3) is 0.333. The van der Waals surface area contributed by atoms with Gasteiger partial charge in [-0.1, -0.05) is 17.7 Å². The molecular formula is C12H14ClNO4. The second kappa shape index (κ2) is 5.37. The number of amides is 1. The maximum absolute atomic E-state index is 11.7. The van der Waals surface area contributed by atoms with Gasteiger partial charge in [-0.15, -0.1) is 0 Å². The number of nitrogens with one attached hydrogen (secondary N) is 1. The molecule has 0 spiro atoms. The fourth-order valence-corrected chi connectivity index (χ4v) is 1.34. The van der Waals surface area contributed by atoms with Crippen molar-refractivity contribution in [3.8, 4) is 0 Å². The molecule has 1 atom stereocenters. The Hall–Kier alpha value is -1.59. The van der Waals surface area contributed by atoms with Crippen molar-refractivity contribution in [1.29, 1.82) is 0 Å². The van der Waals surface area contributed by atoms with Crippen LogP contribution in [0.1, 0.15) is 22.8 Å². The van der Waals surface area contributed by atoms with Gasteiger partial charge in [0.15, 0.2) is 5.60 Å². The lowest BCUT2D eigenvalue weighted by Gasteiger charge is -2.18. The number of hydrogen-bond acceptors (Lipinski definition) is 3. The molecule has 5 nitrogen and oxygen atoms in total. The third-order valence-corrected chi connectivity index (χ3v) is 2.90. The van der Waals surface area contributed by atoms with Crippen molar-refractivity contribution < 1.29 is 19.8 Å². The highest BCUT2D eigenvalue weighted by atomic mass is 35.5. The molecule has 0 aliphatic carbocycles. The summed E-state index contributed by atoms with van der Waals surface area (Å²) in [7, 11) is 0. The van der Waals surface area contributed by atoms with E-state index in [9.17, 15) is 14.7 Å². The summed E-state index contributed by atoms with van der Waals surface area (Å²) in [5.41, 5.74) is -0.845. The number of carbonyl (C=O) groups is 2. The molecular weight excluding hydrogens is 258 g/mol. The van der Waals surface area contributed by atoms with Gasteiger partial charge >= 0.3 is 5.97 Å². The minimum atomic E-state index is -2.00. The molecule has 0 aromatic heterocycles. The molecule has 0 heterocycles. The van der Waals surface area contributed by atoms with Gasteiger partial charge in [0.2, 0.25) is 0 Å². The van der Waals surface area contributed by atoms with E-state index in [1.54, 1.807) is 19.1 Å². The maximum atomic E-state index is 11.7. The number of carboxylic acids is 1. The molecule has 0 saturated heterocycles. The molecule has 1 aromatic carbocycles. The predicted molar refractivity (Wildman–Crippen MR) is 66.8 cm³/mol. The van der Waals surface area contributed by atoms with Crippen LogP contribution in [0.2, 0.25) is 5.02 Å². The molecule has 1 aromatic rings. The second-order valence-electron chi connectivity index (χ2n) is 4.23. The van der Waals surface area contributed by atoms with E-state index in [2.05, 4.69) is 5.32 Å². The van der Waals surface area contributed by atoms with Crippen molar-refractivity contribution in [1.82, 2.24) is 5.32 Å². The average molecular weight is 272 g/mol. The summed E-state index contributed by atoms with van der Waals surface area (Å²) in [5, 5.41) is 20.9.